The molecule has 2 rings (SSSR count). The summed E-state index contributed by atoms with van der Waals surface area (Å²) in [7, 11) is 0. The zero-order valence-corrected chi connectivity index (χ0v) is 11.3. The molecule has 1 aromatic carbocycles. The van der Waals surface area contributed by atoms with E-state index >= 15 is 0 Å². The van der Waals surface area contributed by atoms with Crippen LogP contribution in [0.3, 0.4) is 0 Å². The summed E-state index contributed by atoms with van der Waals surface area (Å²) in [6, 6.07) is 3.49. The van der Waals surface area contributed by atoms with Gasteiger partial charge in [-0.2, -0.15) is 10.1 Å². The van der Waals surface area contributed by atoms with Gasteiger partial charge in [-0.15, -0.1) is 5.10 Å². The lowest BCUT2D eigenvalue weighted by atomic mass is 10.3. The first-order chi connectivity index (χ1) is 9.63. The fourth-order valence-electron chi connectivity index (χ4n) is 1.75. The first-order valence-corrected chi connectivity index (χ1v) is 6.30. The van der Waals surface area contributed by atoms with Gasteiger partial charge in [0.1, 0.15) is 0 Å². The van der Waals surface area contributed by atoms with E-state index in [2.05, 4.69) is 20.5 Å². The van der Waals surface area contributed by atoms with E-state index < -0.39 is 11.6 Å². The van der Waals surface area contributed by atoms with Gasteiger partial charge >= 0.3 is 0 Å². The molecule has 0 aliphatic rings. The molecule has 1 heterocycles. The Morgan fingerprint density at radius 3 is 2.55 bits per heavy atom. The summed E-state index contributed by atoms with van der Waals surface area (Å²) in [6.45, 7) is 5.60. The lowest BCUT2D eigenvalue weighted by Crippen LogP contribution is -2.23. The predicted octanol–water partition coefficient (Wildman–Crippen LogP) is 2.74. The van der Waals surface area contributed by atoms with Crippen LogP contribution in [0.5, 0.6) is 0 Å². The molecule has 7 heteroatoms. The maximum Gasteiger partial charge on any atom is 0.249 e. The van der Waals surface area contributed by atoms with Crippen molar-refractivity contribution in [1.82, 2.24) is 15.2 Å². The molecule has 0 bridgehead atoms. The third-order valence-electron chi connectivity index (χ3n) is 2.81. The Hall–Kier alpha value is -2.31. The second kappa shape index (κ2) is 6.23. The molecular weight excluding hydrogens is 264 g/mol. The second-order valence-corrected chi connectivity index (χ2v) is 4.06. The lowest BCUT2D eigenvalue weighted by Gasteiger charge is -2.19. The van der Waals surface area contributed by atoms with Gasteiger partial charge in [-0.25, -0.2) is 8.78 Å². The minimum absolute atomic E-state index is 0.236. The Kier molecular flexibility index (Phi) is 4.39. The zero-order chi connectivity index (χ0) is 14.5. The molecule has 0 saturated carbocycles. The van der Waals surface area contributed by atoms with Crippen LogP contribution < -0.4 is 10.2 Å². The molecular formula is C13H15F2N5. The van der Waals surface area contributed by atoms with Crippen LogP contribution in [0.1, 0.15) is 13.8 Å². The van der Waals surface area contributed by atoms with E-state index in [4.69, 9.17) is 0 Å². The fraction of sp³-hybridized carbons (Fsp3) is 0.308. The summed E-state index contributed by atoms with van der Waals surface area (Å²) < 4.78 is 26.0. The van der Waals surface area contributed by atoms with Crippen LogP contribution in [0, 0.1) is 11.6 Å². The van der Waals surface area contributed by atoms with Crippen LogP contribution in [0.15, 0.2) is 24.4 Å². The Balaban J connectivity index is 2.21. The number of hydrogen-bond acceptors (Lipinski definition) is 5. The van der Waals surface area contributed by atoms with Gasteiger partial charge in [0.25, 0.3) is 0 Å². The van der Waals surface area contributed by atoms with E-state index in [-0.39, 0.29) is 5.95 Å². The topological polar surface area (TPSA) is 53.9 Å². The Labute approximate surface area is 115 Å². The van der Waals surface area contributed by atoms with Crippen LogP contribution in [0.2, 0.25) is 0 Å². The molecule has 0 aliphatic carbocycles. The fourth-order valence-corrected chi connectivity index (χ4v) is 1.75. The van der Waals surface area contributed by atoms with Crippen molar-refractivity contribution in [1.29, 1.82) is 0 Å². The number of benzene rings is 1. The normalized spacial score (nSPS) is 10.4. The van der Waals surface area contributed by atoms with Gasteiger partial charge < -0.3 is 10.2 Å². The van der Waals surface area contributed by atoms with Gasteiger partial charge in [0.2, 0.25) is 5.95 Å². The van der Waals surface area contributed by atoms with Gasteiger partial charge in [-0.05, 0) is 26.0 Å². The highest BCUT2D eigenvalue weighted by molar-refractivity contribution is 5.54. The molecule has 0 fully saturated rings. The lowest BCUT2D eigenvalue weighted by molar-refractivity contribution is 0.509. The smallest absolute Gasteiger partial charge is 0.249 e. The third-order valence-corrected chi connectivity index (χ3v) is 2.81. The number of halogens is 2. The molecule has 20 heavy (non-hydrogen) atoms. The van der Waals surface area contributed by atoms with Crippen LogP contribution in [-0.2, 0) is 0 Å². The highest BCUT2D eigenvalue weighted by Gasteiger charge is 2.08. The monoisotopic (exact) mass is 279 g/mol. The van der Waals surface area contributed by atoms with E-state index in [0.717, 1.165) is 25.2 Å². The van der Waals surface area contributed by atoms with Crippen molar-refractivity contribution >= 4 is 17.5 Å². The molecule has 0 atom stereocenters. The molecule has 0 aliphatic heterocycles. The average Bonchev–Trinajstić information content (AvgIpc) is 2.45. The maximum atomic E-state index is 13.1. The number of aromatic nitrogens is 3. The van der Waals surface area contributed by atoms with Crippen LogP contribution in [0.25, 0.3) is 0 Å². The van der Waals surface area contributed by atoms with E-state index in [9.17, 15) is 8.78 Å². The summed E-state index contributed by atoms with van der Waals surface area (Å²) in [6.07, 6.45) is 1.56. The van der Waals surface area contributed by atoms with Crippen molar-refractivity contribution < 1.29 is 8.78 Å². The number of rotatable bonds is 5. The Morgan fingerprint density at radius 1 is 1.15 bits per heavy atom. The molecule has 5 nitrogen and oxygen atoms in total. The number of nitrogens with zero attached hydrogens (tertiary/aromatic N) is 4. The molecule has 106 valence electrons. The molecule has 0 amide bonds. The summed E-state index contributed by atoms with van der Waals surface area (Å²) >= 11 is 0. The predicted molar refractivity (Wildman–Crippen MR) is 73.0 cm³/mol. The highest BCUT2D eigenvalue weighted by atomic mass is 19.2. The summed E-state index contributed by atoms with van der Waals surface area (Å²) in [5.41, 5.74) is 0.363. The number of anilines is 3. The maximum absolute atomic E-state index is 13.1. The summed E-state index contributed by atoms with van der Waals surface area (Å²) in [4.78, 5) is 6.29. The second-order valence-electron chi connectivity index (χ2n) is 4.06. The van der Waals surface area contributed by atoms with Crippen molar-refractivity contribution in [3.63, 3.8) is 0 Å². The van der Waals surface area contributed by atoms with Gasteiger partial charge in [0.05, 0.1) is 6.20 Å². The molecule has 0 saturated heterocycles. The third kappa shape index (κ3) is 3.17. The van der Waals surface area contributed by atoms with Crippen molar-refractivity contribution in [2.45, 2.75) is 13.8 Å². The summed E-state index contributed by atoms with van der Waals surface area (Å²) in [5, 5.41) is 10.5. The highest BCUT2D eigenvalue weighted by Crippen LogP contribution is 2.17. The first-order valence-electron chi connectivity index (χ1n) is 6.30. The van der Waals surface area contributed by atoms with Crippen LogP contribution >= 0.6 is 0 Å². The molecule has 1 N–H and O–H groups in total. The van der Waals surface area contributed by atoms with Crippen molar-refractivity contribution in [3.05, 3.63) is 36.0 Å². The average molecular weight is 279 g/mol. The van der Waals surface area contributed by atoms with Gasteiger partial charge in [-0.1, -0.05) is 0 Å². The number of nitrogens with one attached hydrogen (secondary N) is 1. The SMILES string of the molecule is CCN(CC)c1cnnc(Nc2ccc(F)c(F)c2)n1. The standard InChI is InChI=1S/C13H15F2N5/c1-3-20(4-2)12-8-16-19-13(18-12)17-9-5-6-10(14)11(15)7-9/h5-8H,3-4H2,1-2H3,(H,17,18,19). The zero-order valence-electron chi connectivity index (χ0n) is 11.3. The van der Waals surface area contributed by atoms with Gasteiger partial charge in [0.15, 0.2) is 17.5 Å². The minimum atomic E-state index is -0.928. The molecule has 2 aromatic rings. The number of hydrogen-bond donors (Lipinski definition) is 1. The van der Waals surface area contributed by atoms with E-state index in [0.29, 0.717) is 11.5 Å². The minimum Gasteiger partial charge on any atom is -0.356 e. The van der Waals surface area contributed by atoms with Crippen molar-refractivity contribution in [2.24, 2.45) is 0 Å². The van der Waals surface area contributed by atoms with Crippen molar-refractivity contribution in [2.75, 3.05) is 23.3 Å². The summed E-state index contributed by atoms with van der Waals surface area (Å²) in [5.74, 6) is -0.912. The van der Waals surface area contributed by atoms with Gasteiger partial charge in [-0.3, -0.25) is 0 Å². The molecule has 1 aromatic heterocycles. The first kappa shape index (κ1) is 14.1. The van der Waals surface area contributed by atoms with Crippen LogP contribution in [-0.4, -0.2) is 28.3 Å². The largest absolute Gasteiger partial charge is 0.356 e. The molecule has 0 spiro atoms. The van der Waals surface area contributed by atoms with Gasteiger partial charge in [0, 0.05) is 24.8 Å². The van der Waals surface area contributed by atoms with E-state index in [1.807, 2.05) is 18.7 Å². The Bertz CT molecular complexity index is 587. The van der Waals surface area contributed by atoms with Crippen molar-refractivity contribution in [3.8, 4) is 0 Å². The molecule has 0 radical (unpaired) electrons. The van der Waals surface area contributed by atoms with E-state index in [1.54, 1.807) is 6.20 Å². The quantitative estimate of drug-likeness (QED) is 0.912. The van der Waals surface area contributed by atoms with Crippen LogP contribution in [0.4, 0.5) is 26.2 Å². The molecule has 0 unspecified atom stereocenters. The Morgan fingerprint density at radius 2 is 1.90 bits per heavy atom. The van der Waals surface area contributed by atoms with E-state index in [1.165, 1.54) is 6.07 Å².